The average Bonchev–Trinajstić information content (AvgIpc) is 2.01. The molecule has 0 saturated carbocycles. The van der Waals surface area contributed by atoms with Crippen LogP contribution in [0.5, 0.6) is 0 Å². The molecule has 13 heavy (non-hydrogen) atoms. The molecule has 0 aromatic rings. The van der Waals surface area contributed by atoms with Gasteiger partial charge in [0.05, 0.1) is 6.26 Å². The van der Waals surface area contributed by atoms with Crippen molar-refractivity contribution >= 4 is 21.6 Å². The van der Waals surface area contributed by atoms with Crippen LogP contribution < -0.4 is 10.0 Å². The fraction of sp³-hybridized carbons (Fsp3) is 0.714. The van der Waals surface area contributed by atoms with Crippen molar-refractivity contribution in [2.45, 2.75) is 0 Å². The number of hydrogen-bond acceptors (Lipinski definition) is 3. The Bertz CT molecular complexity index is 239. The molecule has 0 spiro atoms. The highest BCUT2D eigenvalue weighted by atomic mass is 35.5. The molecule has 0 aliphatic rings. The van der Waals surface area contributed by atoms with E-state index < -0.39 is 10.0 Å². The Balaban J connectivity index is 3.23. The Hall–Kier alpha value is -0.100. The zero-order valence-electron chi connectivity index (χ0n) is 7.59. The molecule has 6 heteroatoms. The summed E-state index contributed by atoms with van der Waals surface area (Å²) in [5.74, 6) is 0.503. The molecule has 0 bridgehead atoms. The maximum absolute atomic E-state index is 10.6. The van der Waals surface area contributed by atoms with Crippen molar-refractivity contribution in [3.63, 3.8) is 0 Å². The zero-order chi connectivity index (χ0) is 10.2. The SMILES string of the molecule is CS(=O)(=O)NCCNC/C=C/CCl. The molecule has 0 heterocycles. The maximum Gasteiger partial charge on any atom is 0.208 e. The number of halogens is 1. The highest BCUT2D eigenvalue weighted by Crippen LogP contribution is 1.76. The molecular weight excluding hydrogens is 212 g/mol. The van der Waals surface area contributed by atoms with Crippen molar-refractivity contribution in [1.82, 2.24) is 10.0 Å². The maximum atomic E-state index is 10.6. The fourth-order valence-electron chi connectivity index (χ4n) is 0.657. The van der Waals surface area contributed by atoms with E-state index in [1.807, 2.05) is 12.2 Å². The van der Waals surface area contributed by atoms with Crippen molar-refractivity contribution in [2.75, 3.05) is 31.8 Å². The van der Waals surface area contributed by atoms with E-state index in [4.69, 9.17) is 11.6 Å². The Morgan fingerprint density at radius 3 is 2.54 bits per heavy atom. The van der Waals surface area contributed by atoms with Gasteiger partial charge in [0, 0.05) is 25.5 Å². The van der Waals surface area contributed by atoms with Crippen LogP contribution in [0.3, 0.4) is 0 Å². The van der Waals surface area contributed by atoms with E-state index in [0.717, 1.165) is 6.26 Å². The molecule has 0 aromatic carbocycles. The van der Waals surface area contributed by atoms with Gasteiger partial charge < -0.3 is 5.32 Å². The predicted octanol–water partition coefficient (Wildman–Crippen LogP) is -0.0798. The smallest absolute Gasteiger partial charge is 0.208 e. The lowest BCUT2D eigenvalue weighted by Crippen LogP contribution is -2.31. The van der Waals surface area contributed by atoms with E-state index in [9.17, 15) is 8.42 Å². The lowest BCUT2D eigenvalue weighted by Gasteiger charge is -2.01. The van der Waals surface area contributed by atoms with Crippen LogP contribution in [-0.4, -0.2) is 40.2 Å². The van der Waals surface area contributed by atoms with Crippen molar-refractivity contribution in [3.05, 3.63) is 12.2 Å². The summed E-state index contributed by atoms with van der Waals surface area (Å²) >= 11 is 5.40. The predicted molar refractivity (Wildman–Crippen MR) is 55.6 cm³/mol. The fourth-order valence-corrected chi connectivity index (χ4v) is 1.26. The number of sulfonamides is 1. The van der Waals surface area contributed by atoms with Crippen LogP contribution in [0.25, 0.3) is 0 Å². The molecule has 0 aliphatic carbocycles. The summed E-state index contributed by atoms with van der Waals surface area (Å²) in [6.07, 6.45) is 4.87. The molecule has 0 saturated heterocycles. The Kier molecular flexibility index (Phi) is 7.26. The topological polar surface area (TPSA) is 58.2 Å². The van der Waals surface area contributed by atoms with Gasteiger partial charge in [0.2, 0.25) is 10.0 Å². The normalized spacial score (nSPS) is 12.5. The van der Waals surface area contributed by atoms with Gasteiger partial charge in [-0.25, -0.2) is 13.1 Å². The number of rotatable bonds is 7. The van der Waals surface area contributed by atoms with Crippen molar-refractivity contribution in [3.8, 4) is 0 Å². The van der Waals surface area contributed by atoms with E-state index >= 15 is 0 Å². The number of alkyl halides is 1. The Morgan fingerprint density at radius 2 is 2.00 bits per heavy atom. The van der Waals surface area contributed by atoms with E-state index in [0.29, 0.717) is 25.5 Å². The second-order valence-electron chi connectivity index (χ2n) is 2.50. The zero-order valence-corrected chi connectivity index (χ0v) is 9.16. The van der Waals surface area contributed by atoms with Gasteiger partial charge in [-0.05, 0) is 0 Å². The third-order valence-electron chi connectivity index (χ3n) is 1.18. The van der Waals surface area contributed by atoms with Crippen LogP contribution in [-0.2, 0) is 10.0 Å². The van der Waals surface area contributed by atoms with Gasteiger partial charge in [-0.15, -0.1) is 11.6 Å². The first-order valence-electron chi connectivity index (χ1n) is 3.92. The summed E-state index contributed by atoms with van der Waals surface area (Å²) in [6, 6.07) is 0. The molecular formula is C7H15ClN2O2S. The van der Waals surface area contributed by atoms with Gasteiger partial charge in [-0.1, -0.05) is 12.2 Å². The molecule has 4 nitrogen and oxygen atoms in total. The van der Waals surface area contributed by atoms with Gasteiger partial charge in [0.25, 0.3) is 0 Å². The Morgan fingerprint density at radius 1 is 1.31 bits per heavy atom. The van der Waals surface area contributed by atoms with Crippen LogP contribution in [0, 0.1) is 0 Å². The first-order chi connectivity index (χ1) is 6.06. The molecule has 0 aromatic heterocycles. The third-order valence-corrected chi connectivity index (χ3v) is 2.09. The molecule has 0 amide bonds. The summed E-state index contributed by atoms with van der Waals surface area (Å²) in [5.41, 5.74) is 0. The minimum atomic E-state index is -3.05. The van der Waals surface area contributed by atoms with Gasteiger partial charge in [0.1, 0.15) is 0 Å². The molecule has 2 N–H and O–H groups in total. The monoisotopic (exact) mass is 226 g/mol. The standard InChI is InChI=1S/C7H15ClN2O2S/c1-13(11,12)10-7-6-9-5-3-2-4-8/h2-3,9-10H,4-7H2,1H3/b3-2+. The van der Waals surface area contributed by atoms with Gasteiger partial charge in [0.15, 0.2) is 0 Å². The second kappa shape index (κ2) is 7.32. The molecule has 0 radical (unpaired) electrons. The first kappa shape index (κ1) is 12.9. The van der Waals surface area contributed by atoms with Crippen LogP contribution in [0.15, 0.2) is 12.2 Å². The van der Waals surface area contributed by atoms with Crippen LogP contribution >= 0.6 is 11.6 Å². The lowest BCUT2D eigenvalue weighted by molar-refractivity contribution is 0.584. The second-order valence-corrected chi connectivity index (χ2v) is 4.64. The minimum Gasteiger partial charge on any atom is -0.312 e. The molecule has 0 rings (SSSR count). The summed E-state index contributed by atoms with van der Waals surface area (Å²) in [4.78, 5) is 0. The largest absolute Gasteiger partial charge is 0.312 e. The summed E-state index contributed by atoms with van der Waals surface area (Å²) < 4.78 is 23.6. The molecule has 0 unspecified atom stereocenters. The summed E-state index contributed by atoms with van der Waals surface area (Å²) in [5, 5.41) is 3.02. The van der Waals surface area contributed by atoms with Gasteiger partial charge in [-0.3, -0.25) is 0 Å². The quantitative estimate of drug-likeness (QED) is 0.363. The van der Waals surface area contributed by atoms with Crippen molar-refractivity contribution in [2.24, 2.45) is 0 Å². The summed E-state index contributed by atoms with van der Waals surface area (Å²) in [7, 11) is -3.05. The van der Waals surface area contributed by atoms with Crippen molar-refractivity contribution < 1.29 is 8.42 Å². The number of allylic oxidation sites excluding steroid dienone is 1. The van der Waals surface area contributed by atoms with E-state index in [2.05, 4.69) is 10.0 Å². The summed E-state index contributed by atoms with van der Waals surface area (Å²) in [6.45, 7) is 1.73. The van der Waals surface area contributed by atoms with E-state index in [1.165, 1.54) is 0 Å². The molecule has 0 atom stereocenters. The first-order valence-corrected chi connectivity index (χ1v) is 6.35. The molecule has 0 aliphatic heterocycles. The Labute approximate surface area is 84.4 Å². The van der Waals surface area contributed by atoms with Crippen LogP contribution in [0.2, 0.25) is 0 Å². The van der Waals surface area contributed by atoms with Gasteiger partial charge >= 0.3 is 0 Å². The highest BCUT2D eigenvalue weighted by Gasteiger charge is 1.96. The highest BCUT2D eigenvalue weighted by molar-refractivity contribution is 7.88. The molecule has 78 valence electrons. The lowest BCUT2D eigenvalue weighted by atomic mass is 10.5. The van der Waals surface area contributed by atoms with Crippen molar-refractivity contribution in [1.29, 1.82) is 0 Å². The molecule has 0 fully saturated rings. The van der Waals surface area contributed by atoms with Crippen LogP contribution in [0.4, 0.5) is 0 Å². The third kappa shape index (κ3) is 11.9. The average molecular weight is 227 g/mol. The van der Waals surface area contributed by atoms with Crippen LogP contribution in [0.1, 0.15) is 0 Å². The van der Waals surface area contributed by atoms with E-state index in [-0.39, 0.29) is 0 Å². The van der Waals surface area contributed by atoms with E-state index in [1.54, 1.807) is 0 Å². The minimum absolute atomic E-state index is 0.410. The number of nitrogens with one attached hydrogen (secondary N) is 2. The number of hydrogen-bond donors (Lipinski definition) is 2. The van der Waals surface area contributed by atoms with Gasteiger partial charge in [-0.2, -0.15) is 0 Å².